The van der Waals surface area contributed by atoms with Crippen molar-refractivity contribution in [2.24, 2.45) is 0 Å². The van der Waals surface area contributed by atoms with Gasteiger partial charge in [-0.1, -0.05) is 13.0 Å². The number of hydrogen-bond donors (Lipinski definition) is 2. The zero-order valence-corrected chi connectivity index (χ0v) is 14.4. The van der Waals surface area contributed by atoms with E-state index < -0.39 is 6.10 Å². The molecule has 0 radical (unpaired) electrons. The summed E-state index contributed by atoms with van der Waals surface area (Å²) in [5.41, 5.74) is 1.13. The molecule has 1 aromatic carbocycles. The van der Waals surface area contributed by atoms with E-state index in [1.54, 1.807) is 7.11 Å². The Kier molecular flexibility index (Phi) is 8.24. The Morgan fingerprint density at radius 1 is 1.27 bits per heavy atom. The molecule has 1 rings (SSSR count). The second-order valence-corrected chi connectivity index (χ2v) is 5.76. The summed E-state index contributed by atoms with van der Waals surface area (Å²) >= 11 is 0. The van der Waals surface area contributed by atoms with Crippen LogP contribution >= 0.6 is 0 Å². The molecule has 0 aliphatic rings. The molecule has 126 valence electrons. The highest BCUT2D eigenvalue weighted by Gasteiger charge is 2.13. The standard InChI is InChI=1S/C17H30N2O3/c1-6-18-10-14-7-8-16(21-5)17(9-14)22-12-15(20)11-19(4)13(2)3/h7-9,13,15,18,20H,6,10-12H2,1-5H3. The van der Waals surface area contributed by atoms with Gasteiger partial charge < -0.3 is 24.8 Å². The van der Waals surface area contributed by atoms with Crippen molar-refractivity contribution in [1.29, 1.82) is 0 Å². The van der Waals surface area contributed by atoms with Gasteiger partial charge in [-0.05, 0) is 45.1 Å². The molecule has 0 aliphatic carbocycles. The summed E-state index contributed by atoms with van der Waals surface area (Å²) in [6.07, 6.45) is -0.533. The average Bonchev–Trinajstić information content (AvgIpc) is 2.50. The highest BCUT2D eigenvalue weighted by molar-refractivity contribution is 5.43. The Bertz CT molecular complexity index is 438. The second-order valence-electron chi connectivity index (χ2n) is 5.76. The van der Waals surface area contributed by atoms with E-state index in [-0.39, 0.29) is 6.61 Å². The monoisotopic (exact) mass is 310 g/mol. The Hall–Kier alpha value is -1.30. The number of methoxy groups -OCH3 is 1. The van der Waals surface area contributed by atoms with E-state index in [1.807, 2.05) is 25.2 Å². The Labute approximate surface area is 134 Å². The summed E-state index contributed by atoms with van der Waals surface area (Å²) < 4.78 is 11.1. The van der Waals surface area contributed by atoms with Gasteiger partial charge in [0.15, 0.2) is 11.5 Å². The van der Waals surface area contributed by atoms with Crippen LogP contribution in [0.25, 0.3) is 0 Å². The van der Waals surface area contributed by atoms with Gasteiger partial charge in [0.1, 0.15) is 12.7 Å². The van der Waals surface area contributed by atoms with Crippen molar-refractivity contribution in [2.45, 2.75) is 39.5 Å². The fraction of sp³-hybridized carbons (Fsp3) is 0.647. The van der Waals surface area contributed by atoms with Crippen LogP contribution in [0.15, 0.2) is 18.2 Å². The minimum atomic E-state index is -0.533. The van der Waals surface area contributed by atoms with E-state index in [0.29, 0.717) is 24.1 Å². The van der Waals surface area contributed by atoms with E-state index >= 15 is 0 Å². The smallest absolute Gasteiger partial charge is 0.161 e. The van der Waals surface area contributed by atoms with Crippen LogP contribution in [0.4, 0.5) is 0 Å². The van der Waals surface area contributed by atoms with Gasteiger partial charge in [-0.3, -0.25) is 0 Å². The van der Waals surface area contributed by atoms with Crippen LogP contribution < -0.4 is 14.8 Å². The van der Waals surface area contributed by atoms with E-state index in [4.69, 9.17) is 9.47 Å². The maximum Gasteiger partial charge on any atom is 0.161 e. The summed E-state index contributed by atoms with van der Waals surface area (Å²) in [5, 5.41) is 13.4. The number of aliphatic hydroxyl groups excluding tert-OH is 1. The molecule has 0 aromatic heterocycles. The molecule has 0 amide bonds. The third-order valence-corrected chi connectivity index (χ3v) is 3.62. The van der Waals surface area contributed by atoms with Crippen LogP contribution in [0.5, 0.6) is 11.5 Å². The molecule has 22 heavy (non-hydrogen) atoms. The Balaban J connectivity index is 2.62. The summed E-state index contributed by atoms with van der Waals surface area (Å²) in [7, 11) is 3.61. The number of benzene rings is 1. The molecule has 0 aliphatic heterocycles. The van der Waals surface area contributed by atoms with E-state index in [2.05, 4.69) is 31.0 Å². The van der Waals surface area contributed by atoms with Crippen molar-refractivity contribution >= 4 is 0 Å². The molecule has 0 bridgehead atoms. The number of ether oxygens (including phenoxy) is 2. The molecular formula is C17H30N2O3. The second kappa shape index (κ2) is 9.66. The molecule has 0 heterocycles. The van der Waals surface area contributed by atoms with E-state index in [1.165, 1.54) is 0 Å². The molecule has 5 heteroatoms. The maximum absolute atomic E-state index is 10.1. The quantitative estimate of drug-likeness (QED) is 0.691. The van der Waals surface area contributed by atoms with Crippen LogP contribution in [0.3, 0.4) is 0 Å². The third kappa shape index (κ3) is 6.22. The lowest BCUT2D eigenvalue weighted by Crippen LogP contribution is -2.37. The van der Waals surface area contributed by atoms with Crippen molar-refractivity contribution in [3.05, 3.63) is 23.8 Å². The summed E-state index contributed by atoms with van der Waals surface area (Å²) in [4.78, 5) is 2.09. The molecular weight excluding hydrogens is 280 g/mol. The van der Waals surface area contributed by atoms with Gasteiger partial charge >= 0.3 is 0 Å². The minimum absolute atomic E-state index is 0.248. The lowest BCUT2D eigenvalue weighted by molar-refractivity contribution is 0.0668. The van der Waals surface area contributed by atoms with Crippen LogP contribution in [-0.4, -0.2) is 56.0 Å². The highest BCUT2D eigenvalue weighted by atomic mass is 16.5. The number of nitrogens with zero attached hydrogens (tertiary/aromatic N) is 1. The van der Waals surface area contributed by atoms with Crippen LogP contribution in [-0.2, 0) is 6.54 Å². The van der Waals surface area contributed by atoms with Gasteiger partial charge in [-0.15, -0.1) is 0 Å². The van der Waals surface area contributed by atoms with Crippen molar-refractivity contribution in [1.82, 2.24) is 10.2 Å². The van der Waals surface area contributed by atoms with Crippen molar-refractivity contribution < 1.29 is 14.6 Å². The number of rotatable bonds is 10. The largest absolute Gasteiger partial charge is 0.493 e. The van der Waals surface area contributed by atoms with Gasteiger partial charge in [0.25, 0.3) is 0 Å². The highest BCUT2D eigenvalue weighted by Crippen LogP contribution is 2.28. The van der Waals surface area contributed by atoms with Gasteiger partial charge in [0.05, 0.1) is 7.11 Å². The zero-order valence-electron chi connectivity index (χ0n) is 14.4. The Morgan fingerprint density at radius 3 is 2.59 bits per heavy atom. The normalized spacial score (nSPS) is 12.7. The summed E-state index contributed by atoms with van der Waals surface area (Å²) in [6.45, 7) is 8.80. The van der Waals surface area contributed by atoms with Crippen molar-refractivity contribution in [3.63, 3.8) is 0 Å². The first-order valence-corrected chi connectivity index (χ1v) is 7.86. The molecule has 1 atom stereocenters. The number of likely N-dealkylation sites (N-methyl/N-ethyl adjacent to an activating group) is 1. The van der Waals surface area contributed by atoms with E-state index in [0.717, 1.165) is 18.7 Å². The molecule has 0 fully saturated rings. The minimum Gasteiger partial charge on any atom is -0.493 e. The summed E-state index contributed by atoms with van der Waals surface area (Å²) in [6, 6.07) is 6.26. The molecule has 5 nitrogen and oxygen atoms in total. The molecule has 1 unspecified atom stereocenters. The fourth-order valence-corrected chi connectivity index (χ4v) is 2.00. The van der Waals surface area contributed by atoms with Gasteiger partial charge in [0.2, 0.25) is 0 Å². The molecule has 0 spiro atoms. The van der Waals surface area contributed by atoms with Crippen LogP contribution in [0.1, 0.15) is 26.3 Å². The first-order valence-electron chi connectivity index (χ1n) is 7.86. The van der Waals surface area contributed by atoms with Crippen LogP contribution in [0.2, 0.25) is 0 Å². The SMILES string of the molecule is CCNCc1ccc(OC)c(OCC(O)CN(C)C(C)C)c1. The molecule has 1 aromatic rings. The number of nitrogens with one attached hydrogen (secondary N) is 1. The average molecular weight is 310 g/mol. The maximum atomic E-state index is 10.1. The fourth-order valence-electron chi connectivity index (χ4n) is 2.00. The Morgan fingerprint density at radius 2 is 2.00 bits per heavy atom. The van der Waals surface area contributed by atoms with Gasteiger partial charge in [-0.25, -0.2) is 0 Å². The first-order chi connectivity index (χ1) is 10.5. The number of aliphatic hydroxyl groups is 1. The topological polar surface area (TPSA) is 54.0 Å². The predicted molar refractivity (Wildman–Crippen MR) is 89.6 cm³/mol. The van der Waals surface area contributed by atoms with Crippen molar-refractivity contribution in [2.75, 3.05) is 33.9 Å². The lowest BCUT2D eigenvalue weighted by atomic mass is 10.2. The van der Waals surface area contributed by atoms with Gasteiger partial charge in [-0.2, -0.15) is 0 Å². The number of hydrogen-bond acceptors (Lipinski definition) is 5. The van der Waals surface area contributed by atoms with Gasteiger partial charge in [0, 0.05) is 19.1 Å². The molecule has 0 saturated heterocycles. The van der Waals surface area contributed by atoms with Crippen LogP contribution in [0, 0.1) is 0 Å². The lowest BCUT2D eigenvalue weighted by Gasteiger charge is -2.24. The van der Waals surface area contributed by atoms with Crippen molar-refractivity contribution in [3.8, 4) is 11.5 Å². The molecule has 0 saturated carbocycles. The predicted octanol–water partition coefficient (Wildman–Crippen LogP) is 1.88. The summed E-state index contributed by atoms with van der Waals surface area (Å²) in [5.74, 6) is 1.36. The first kappa shape index (κ1) is 18.7. The van der Waals surface area contributed by atoms with E-state index in [9.17, 15) is 5.11 Å². The molecule has 2 N–H and O–H groups in total. The third-order valence-electron chi connectivity index (χ3n) is 3.62. The zero-order chi connectivity index (χ0) is 16.5.